The highest BCUT2D eigenvalue weighted by Gasteiger charge is 2.05. The molecule has 69 heavy (non-hydrogen) atoms. The van der Waals surface area contributed by atoms with Gasteiger partial charge in [-0.1, -0.05) is 53.5 Å². The van der Waals surface area contributed by atoms with Crippen LogP contribution >= 0.6 is 23.2 Å². The second kappa shape index (κ2) is 26.0. The summed E-state index contributed by atoms with van der Waals surface area (Å²) in [7, 11) is 0. The van der Waals surface area contributed by atoms with Crippen LogP contribution in [0.3, 0.4) is 0 Å². The van der Waals surface area contributed by atoms with Crippen molar-refractivity contribution in [2.24, 2.45) is 0 Å². The summed E-state index contributed by atoms with van der Waals surface area (Å²) in [6.07, 6.45) is 5.41. The Morgan fingerprint density at radius 3 is 1.68 bits per heavy atom. The number of halogens is 2. The second-order valence-electron chi connectivity index (χ2n) is 12.9. The van der Waals surface area contributed by atoms with Gasteiger partial charge < -0.3 is 26.2 Å². The highest BCUT2D eigenvalue weighted by Crippen LogP contribution is 2.19. The number of para-hydroxylation sites is 5. The van der Waals surface area contributed by atoms with Gasteiger partial charge in [0.05, 0.1) is 98.2 Å². The zero-order chi connectivity index (χ0) is 50.3. The van der Waals surface area contributed by atoms with Crippen LogP contribution in [0.25, 0.3) is 44.1 Å². The summed E-state index contributed by atoms with van der Waals surface area (Å²) < 4.78 is 4.18. The maximum absolute atomic E-state index is 10.9. The number of nitrogens with one attached hydrogen (secondary N) is 2. The number of benzene rings is 5. The zero-order valence-corrected chi connectivity index (χ0v) is 37.1. The molecule has 0 aliphatic heterocycles. The van der Waals surface area contributed by atoms with Crippen LogP contribution in [-0.2, 0) is 14.3 Å². The van der Waals surface area contributed by atoms with Crippen molar-refractivity contribution < 1.29 is 14.3 Å². The van der Waals surface area contributed by atoms with E-state index in [4.69, 9.17) is 61.0 Å². The molecule has 0 radical (unpaired) electrons. The van der Waals surface area contributed by atoms with Crippen LogP contribution < -0.4 is 22.6 Å². The summed E-state index contributed by atoms with van der Waals surface area (Å²) in [4.78, 5) is 70.1. The highest BCUT2D eigenvalue weighted by atomic mass is 35.5. The fraction of sp³-hybridized carbons (Fsp3) is 0.0426. The SMILES string of the molecule is CCOC(=O)C=O.N#Cc1cccc(N)c1N.N#Cc1cccc2[nH]c(=O)cnc12.N#Cc1cccc2nc(Cl)cnc12.N#Cc1cccc2ncc(=O)[nH]c12.N#Cc1cccc2ncc(Cl)nc12. The number of ether oxygens (including phenoxy) is 1. The lowest BCUT2D eigenvalue weighted by molar-refractivity contribution is -0.148. The number of aromatic nitrogens is 8. The molecule has 20 nitrogen and oxygen atoms in total. The third-order valence-corrected chi connectivity index (χ3v) is 8.79. The molecular formula is C47H31Cl2N15O5. The average Bonchev–Trinajstić information content (AvgIpc) is 3.37. The van der Waals surface area contributed by atoms with Gasteiger partial charge in [0.2, 0.25) is 6.29 Å². The number of esters is 1. The number of hydrogen-bond acceptors (Lipinski definition) is 18. The number of aldehydes is 1. The molecule has 9 aromatic rings. The first-order valence-corrected chi connectivity index (χ1v) is 20.1. The monoisotopic (exact) mass is 955 g/mol. The van der Waals surface area contributed by atoms with Crippen LogP contribution in [0.4, 0.5) is 11.4 Å². The molecule has 4 heterocycles. The lowest BCUT2D eigenvalue weighted by Gasteiger charge is -1.98. The van der Waals surface area contributed by atoms with Crippen LogP contribution in [0.2, 0.25) is 10.3 Å². The first-order chi connectivity index (χ1) is 33.3. The third-order valence-electron chi connectivity index (χ3n) is 8.43. The number of aromatic amines is 2. The van der Waals surface area contributed by atoms with Gasteiger partial charge in [0, 0.05) is 0 Å². The number of fused-ring (bicyclic) bond motifs is 4. The van der Waals surface area contributed by atoms with Crippen molar-refractivity contribution in [3.63, 3.8) is 0 Å². The highest BCUT2D eigenvalue weighted by molar-refractivity contribution is 6.30. The van der Waals surface area contributed by atoms with Gasteiger partial charge in [-0.25, -0.2) is 29.7 Å². The first-order valence-electron chi connectivity index (χ1n) is 19.4. The Morgan fingerprint density at radius 2 is 1.07 bits per heavy atom. The van der Waals surface area contributed by atoms with Crippen LogP contribution in [0, 0.1) is 56.7 Å². The van der Waals surface area contributed by atoms with Gasteiger partial charge in [0.25, 0.3) is 11.1 Å². The van der Waals surface area contributed by atoms with E-state index in [2.05, 4.69) is 44.6 Å². The van der Waals surface area contributed by atoms with Crippen molar-refractivity contribution in [2.75, 3.05) is 18.1 Å². The minimum absolute atomic E-state index is 0.142. The number of rotatable bonds is 2. The van der Waals surface area contributed by atoms with Gasteiger partial charge in [-0.05, 0) is 67.6 Å². The smallest absolute Gasteiger partial charge is 0.371 e. The number of carbonyl (C=O) groups is 2. The number of carbonyl (C=O) groups excluding carboxylic acids is 2. The minimum atomic E-state index is -0.803. The molecule has 22 heteroatoms. The molecule has 0 spiro atoms. The Bertz CT molecular complexity index is 3660. The Balaban J connectivity index is 0.000000182. The van der Waals surface area contributed by atoms with E-state index in [0.717, 1.165) is 0 Å². The molecule has 9 rings (SSSR count). The van der Waals surface area contributed by atoms with Crippen LogP contribution in [0.15, 0.2) is 125 Å². The fourth-order valence-corrected chi connectivity index (χ4v) is 5.66. The summed E-state index contributed by atoms with van der Waals surface area (Å²) in [5, 5.41) is 44.1. The average molecular weight is 957 g/mol. The molecule has 338 valence electrons. The molecule has 0 saturated heterocycles. The number of anilines is 2. The van der Waals surface area contributed by atoms with E-state index in [-0.39, 0.29) is 24.0 Å². The van der Waals surface area contributed by atoms with Crippen molar-refractivity contribution in [3.8, 4) is 30.3 Å². The quantitative estimate of drug-likeness (QED) is 0.0632. The summed E-state index contributed by atoms with van der Waals surface area (Å²) in [5.74, 6) is -0.803. The topological polar surface area (TPSA) is 357 Å². The summed E-state index contributed by atoms with van der Waals surface area (Å²) >= 11 is 11.3. The molecule has 0 saturated carbocycles. The van der Waals surface area contributed by atoms with E-state index in [1.165, 1.54) is 24.8 Å². The third kappa shape index (κ3) is 14.7. The van der Waals surface area contributed by atoms with Gasteiger partial charge in [-0.3, -0.25) is 19.4 Å². The molecule has 5 aromatic carbocycles. The molecule has 0 atom stereocenters. The molecular weight excluding hydrogens is 926 g/mol. The van der Waals surface area contributed by atoms with E-state index in [1.54, 1.807) is 97.9 Å². The Morgan fingerprint density at radius 1 is 0.594 bits per heavy atom. The number of nitrogens with two attached hydrogens (primary N) is 2. The van der Waals surface area contributed by atoms with E-state index in [9.17, 15) is 19.2 Å². The van der Waals surface area contributed by atoms with E-state index in [0.29, 0.717) is 93.6 Å². The van der Waals surface area contributed by atoms with Crippen LogP contribution in [0.5, 0.6) is 0 Å². The van der Waals surface area contributed by atoms with Crippen molar-refractivity contribution >= 4 is 91.0 Å². The van der Waals surface area contributed by atoms with E-state index in [1.807, 2.05) is 30.3 Å². The first kappa shape index (κ1) is 51.5. The Hall–Kier alpha value is -10.2. The lowest BCUT2D eigenvalue weighted by atomic mass is 10.2. The Kier molecular flexibility index (Phi) is 19.4. The number of hydrogen-bond donors (Lipinski definition) is 4. The molecule has 6 N–H and O–H groups in total. The lowest BCUT2D eigenvalue weighted by Crippen LogP contribution is -2.05. The summed E-state index contributed by atoms with van der Waals surface area (Å²) in [6, 6.07) is 35.7. The minimum Gasteiger partial charge on any atom is -0.460 e. The van der Waals surface area contributed by atoms with Gasteiger partial charge in [0.1, 0.15) is 57.2 Å². The summed E-state index contributed by atoms with van der Waals surface area (Å²) in [6.45, 7) is 1.90. The maximum atomic E-state index is 10.9. The summed E-state index contributed by atoms with van der Waals surface area (Å²) in [5.41, 5.74) is 18.2. The Labute approximate surface area is 399 Å². The van der Waals surface area contributed by atoms with Gasteiger partial charge in [-0.2, -0.15) is 26.3 Å². The fourth-order valence-electron chi connectivity index (χ4n) is 5.39. The van der Waals surface area contributed by atoms with Crippen molar-refractivity contribution in [2.45, 2.75) is 6.92 Å². The van der Waals surface area contributed by atoms with Gasteiger partial charge in [0.15, 0.2) is 0 Å². The predicted molar refractivity (Wildman–Crippen MR) is 255 cm³/mol. The number of nitrogens with zero attached hydrogens (tertiary/aromatic N) is 11. The van der Waals surface area contributed by atoms with Crippen LogP contribution in [-0.4, -0.2) is 58.7 Å². The molecule has 0 aliphatic rings. The van der Waals surface area contributed by atoms with Crippen LogP contribution in [0.1, 0.15) is 34.7 Å². The van der Waals surface area contributed by atoms with Crippen molar-refractivity contribution in [1.29, 1.82) is 26.3 Å². The zero-order valence-electron chi connectivity index (χ0n) is 35.6. The molecule has 0 aliphatic carbocycles. The maximum Gasteiger partial charge on any atom is 0.371 e. The largest absolute Gasteiger partial charge is 0.460 e. The normalized spacial score (nSPS) is 9.42. The molecule has 0 fully saturated rings. The molecule has 4 aromatic heterocycles. The molecule has 0 amide bonds. The van der Waals surface area contributed by atoms with Gasteiger partial charge >= 0.3 is 5.97 Å². The molecule has 0 unspecified atom stereocenters. The van der Waals surface area contributed by atoms with Crippen molar-refractivity contribution in [1.82, 2.24) is 39.9 Å². The number of nitrogen functional groups attached to an aromatic ring is 2. The predicted octanol–water partition coefficient (Wildman–Crippen LogP) is 6.37. The number of H-pyrrole nitrogens is 2. The second-order valence-corrected chi connectivity index (χ2v) is 13.6. The molecule has 0 bridgehead atoms. The number of nitriles is 5. The standard InChI is InChI=1S/2C9H4ClN3.2C9H5N3O.C7H7N3.C4H6O3/c10-8-5-12-9-6(4-11)2-1-3-7(9)13-8;10-8-5-12-7-3-1-2-6(4-11)9(7)13-8;10-4-6-2-1-3-7-9(6)11-5-8(13)12-7;10-4-6-2-1-3-7-9(6)12-8(13)5-11-7;8-4-5-2-1-3-6(9)7(5)10;1-2-7-4(6)3-5/h2*1-3,5H;2*1-3,5H,(H,12,13);1-3H,9-10H2;3H,2H2,1H3. The van der Waals surface area contributed by atoms with Gasteiger partial charge in [-0.15, -0.1) is 0 Å². The van der Waals surface area contributed by atoms with E-state index >= 15 is 0 Å². The van der Waals surface area contributed by atoms with Crippen molar-refractivity contribution in [3.05, 3.63) is 175 Å². The van der Waals surface area contributed by atoms with E-state index < -0.39 is 5.97 Å².